The maximum atomic E-state index is 13.2. The van der Waals surface area contributed by atoms with Crippen LogP contribution in [0.2, 0.25) is 0 Å². The van der Waals surface area contributed by atoms with Crippen molar-refractivity contribution in [1.29, 1.82) is 0 Å². The summed E-state index contributed by atoms with van der Waals surface area (Å²) in [6.45, 7) is 5.85. The second kappa shape index (κ2) is 10.4. The van der Waals surface area contributed by atoms with Crippen molar-refractivity contribution in [2.75, 3.05) is 23.3 Å². The van der Waals surface area contributed by atoms with Gasteiger partial charge in [-0.25, -0.2) is 4.98 Å². The molecule has 2 N–H and O–H groups in total. The van der Waals surface area contributed by atoms with Crippen LogP contribution in [-0.4, -0.2) is 40.5 Å². The average Bonchev–Trinajstić information content (AvgIpc) is 3.48. The Morgan fingerprint density at radius 1 is 1.24 bits per heavy atom. The first-order valence-corrected chi connectivity index (χ1v) is 12.6. The van der Waals surface area contributed by atoms with E-state index >= 15 is 0 Å². The summed E-state index contributed by atoms with van der Waals surface area (Å²) in [5.41, 5.74) is 2.23. The van der Waals surface area contributed by atoms with Gasteiger partial charge < -0.3 is 20.1 Å². The summed E-state index contributed by atoms with van der Waals surface area (Å²) in [5, 5.41) is 6.35. The average molecular weight is 482 g/mol. The Morgan fingerprint density at radius 3 is 2.74 bits per heavy atom. The molecule has 34 heavy (non-hydrogen) atoms. The number of aromatic nitrogens is 2. The Hall–Kier alpha value is -3.20. The quantitative estimate of drug-likeness (QED) is 0.510. The number of rotatable bonds is 8. The number of aryl methyl sites for hydroxylation is 2. The normalized spacial score (nSPS) is 14.4. The second-order valence-electron chi connectivity index (χ2n) is 8.80. The number of hydrogen-bond acceptors (Lipinski definition) is 6. The van der Waals surface area contributed by atoms with Gasteiger partial charge in [0.15, 0.2) is 0 Å². The van der Waals surface area contributed by atoms with E-state index in [9.17, 15) is 14.4 Å². The molecule has 1 aliphatic heterocycles. The molecule has 2 aromatic heterocycles. The van der Waals surface area contributed by atoms with Crippen LogP contribution < -0.4 is 21.1 Å². The van der Waals surface area contributed by atoms with Crippen molar-refractivity contribution < 1.29 is 9.59 Å². The summed E-state index contributed by atoms with van der Waals surface area (Å²) in [6, 6.07) is 7.17. The van der Waals surface area contributed by atoms with Crippen LogP contribution in [0, 0.1) is 6.92 Å². The molecule has 0 radical (unpaired) electrons. The highest BCUT2D eigenvalue weighted by Crippen LogP contribution is 2.27. The Kier molecular flexibility index (Phi) is 7.31. The number of hydrogen-bond donors (Lipinski definition) is 2. The highest BCUT2D eigenvalue weighted by molar-refractivity contribution is 7.20. The second-order valence-corrected chi connectivity index (χ2v) is 9.80. The molecule has 9 heteroatoms. The molecular formula is C25H31N5O3S. The first-order chi connectivity index (χ1) is 16.4. The minimum Gasteiger partial charge on any atom is -0.371 e. The summed E-state index contributed by atoms with van der Waals surface area (Å²) >= 11 is 1.18. The van der Waals surface area contributed by atoms with E-state index in [-0.39, 0.29) is 17.4 Å². The van der Waals surface area contributed by atoms with Gasteiger partial charge in [-0.3, -0.25) is 14.4 Å². The predicted molar refractivity (Wildman–Crippen MR) is 137 cm³/mol. The lowest BCUT2D eigenvalue weighted by Gasteiger charge is -2.20. The van der Waals surface area contributed by atoms with E-state index in [2.05, 4.69) is 26.6 Å². The molecule has 0 spiro atoms. The Morgan fingerprint density at radius 2 is 2.00 bits per heavy atom. The molecule has 1 aliphatic rings. The van der Waals surface area contributed by atoms with Crippen molar-refractivity contribution in [3.63, 3.8) is 0 Å². The van der Waals surface area contributed by atoms with Gasteiger partial charge in [-0.05, 0) is 49.9 Å². The molecule has 1 fully saturated rings. The number of thiophene rings is 1. The Labute approximate surface area is 203 Å². The topological polar surface area (TPSA) is 96.3 Å². The van der Waals surface area contributed by atoms with E-state index in [0.717, 1.165) is 37.3 Å². The zero-order valence-electron chi connectivity index (χ0n) is 19.9. The lowest BCUT2D eigenvalue weighted by Crippen LogP contribution is -2.43. The SMILES string of the molecule is CCCCC(NC(=O)c1sc2ncn(C)c(=O)c2c1C)C(=O)Nc1cccc(N2CCCC2)c1. The van der Waals surface area contributed by atoms with Gasteiger partial charge in [0.25, 0.3) is 11.5 Å². The maximum absolute atomic E-state index is 13.2. The number of carbonyl (C=O) groups excluding carboxylic acids is 2. The highest BCUT2D eigenvalue weighted by atomic mass is 32.1. The van der Waals surface area contributed by atoms with Gasteiger partial charge in [-0.15, -0.1) is 11.3 Å². The Bertz CT molecular complexity index is 1260. The van der Waals surface area contributed by atoms with E-state index in [4.69, 9.17) is 0 Å². The van der Waals surface area contributed by atoms with Crippen molar-refractivity contribution in [2.45, 2.75) is 52.0 Å². The van der Waals surface area contributed by atoms with E-state index in [0.29, 0.717) is 27.1 Å². The molecule has 1 unspecified atom stereocenters. The van der Waals surface area contributed by atoms with Crippen LogP contribution in [0.15, 0.2) is 35.4 Å². The van der Waals surface area contributed by atoms with E-state index in [1.54, 1.807) is 14.0 Å². The fourth-order valence-electron chi connectivity index (χ4n) is 4.31. The largest absolute Gasteiger partial charge is 0.371 e. The maximum Gasteiger partial charge on any atom is 0.262 e. The van der Waals surface area contributed by atoms with Crippen molar-refractivity contribution >= 4 is 44.7 Å². The van der Waals surface area contributed by atoms with Crippen molar-refractivity contribution in [2.24, 2.45) is 7.05 Å². The summed E-state index contributed by atoms with van der Waals surface area (Å²) in [5.74, 6) is -0.599. The third-order valence-electron chi connectivity index (χ3n) is 6.27. The number of nitrogens with zero attached hydrogens (tertiary/aromatic N) is 3. The number of nitrogens with one attached hydrogen (secondary N) is 2. The molecule has 180 valence electrons. The number of amides is 2. The zero-order chi connectivity index (χ0) is 24.2. The molecule has 0 aliphatic carbocycles. The van der Waals surface area contributed by atoms with E-state index in [1.807, 2.05) is 25.1 Å². The van der Waals surface area contributed by atoms with Crippen LogP contribution in [-0.2, 0) is 11.8 Å². The van der Waals surface area contributed by atoms with Gasteiger partial charge in [0.2, 0.25) is 5.91 Å². The van der Waals surface area contributed by atoms with E-state index in [1.165, 1.54) is 35.1 Å². The van der Waals surface area contributed by atoms with Gasteiger partial charge in [0, 0.05) is 31.5 Å². The number of anilines is 2. The van der Waals surface area contributed by atoms with Gasteiger partial charge in [-0.1, -0.05) is 25.8 Å². The first-order valence-electron chi connectivity index (χ1n) is 11.8. The van der Waals surface area contributed by atoms with E-state index < -0.39 is 6.04 Å². The lowest BCUT2D eigenvalue weighted by atomic mass is 10.1. The van der Waals surface area contributed by atoms with Crippen LogP contribution in [0.4, 0.5) is 11.4 Å². The predicted octanol–water partition coefficient (Wildman–Crippen LogP) is 3.83. The number of fused-ring (bicyclic) bond motifs is 1. The molecule has 0 bridgehead atoms. The molecule has 3 heterocycles. The third kappa shape index (κ3) is 4.99. The van der Waals surface area contributed by atoms with Crippen LogP contribution >= 0.6 is 11.3 Å². The molecule has 8 nitrogen and oxygen atoms in total. The minimum atomic E-state index is -0.678. The standard InChI is InChI=1S/C25H31N5O3S/c1-4-5-11-19(22(31)27-17-9-8-10-18(14-17)30-12-6-7-13-30)28-23(32)21-16(2)20-24(34-21)26-15-29(3)25(20)33/h8-10,14-15,19H,4-7,11-13H2,1-3H3,(H,27,31)(H,28,32). The van der Waals surface area contributed by atoms with Gasteiger partial charge in [0.05, 0.1) is 16.6 Å². The molecule has 1 aromatic carbocycles. The fourth-order valence-corrected chi connectivity index (χ4v) is 5.35. The lowest BCUT2D eigenvalue weighted by molar-refractivity contribution is -0.118. The van der Waals surface area contributed by atoms with Crippen LogP contribution in [0.3, 0.4) is 0 Å². The highest BCUT2D eigenvalue weighted by Gasteiger charge is 2.25. The number of benzene rings is 1. The molecule has 0 saturated carbocycles. The van der Waals surface area contributed by atoms with Crippen molar-refractivity contribution in [3.05, 3.63) is 51.4 Å². The first kappa shape index (κ1) is 23.9. The summed E-state index contributed by atoms with van der Waals surface area (Å²) < 4.78 is 1.40. The molecule has 3 aromatic rings. The van der Waals surface area contributed by atoms with Gasteiger partial charge in [0.1, 0.15) is 10.9 Å². The van der Waals surface area contributed by atoms with Crippen LogP contribution in [0.1, 0.15) is 54.3 Å². The molecule has 1 atom stereocenters. The Balaban J connectivity index is 1.52. The number of carbonyl (C=O) groups is 2. The monoisotopic (exact) mass is 481 g/mol. The number of unbranched alkanes of at least 4 members (excludes halogenated alkanes) is 1. The molecular weight excluding hydrogens is 450 g/mol. The molecule has 1 saturated heterocycles. The summed E-state index contributed by atoms with van der Waals surface area (Å²) in [7, 11) is 1.63. The summed E-state index contributed by atoms with van der Waals surface area (Å²) in [4.78, 5) is 46.4. The smallest absolute Gasteiger partial charge is 0.262 e. The van der Waals surface area contributed by atoms with Crippen LogP contribution in [0.5, 0.6) is 0 Å². The third-order valence-corrected chi connectivity index (χ3v) is 7.47. The molecule has 4 rings (SSSR count). The van der Waals surface area contributed by atoms with Crippen molar-refractivity contribution in [3.8, 4) is 0 Å². The van der Waals surface area contributed by atoms with Gasteiger partial charge >= 0.3 is 0 Å². The van der Waals surface area contributed by atoms with Gasteiger partial charge in [-0.2, -0.15) is 0 Å². The summed E-state index contributed by atoms with van der Waals surface area (Å²) in [6.07, 6.45) is 6.06. The fraction of sp³-hybridized carbons (Fsp3) is 0.440. The zero-order valence-corrected chi connectivity index (χ0v) is 20.7. The van der Waals surface area contributed by atoms with Crippen LogP contribution in [0.25, 0.3) is 10.2 Å². The minimum absolute atomic E-state index is 0.184. The van der Waals surface area contributed by atoms with Crippen molar-refractivity contribution in [1.82, 2.24) is 14.9 Å². The molecule has 2 amide bonds.